The second-order valence-electron chi connectivity index (χ2n) is 6.10. The zero-order chi connectivity index (χ0) is 17.1. The first-order valence-corrected chi connectivity index (χ1v) is 8.85. The average Bonchev–Trinajstić information content (AvgIpc) is 3.19. The molecule has 0 spiro atoms. The third-order valence-corrected chi connectivity index (χ3v) is 5.44. The number of hydrogen-bond acceptors (Lipinski definition) is 4. The van der Waals surface area contributed by atoms with Crippen LogP contribution < -0.4 is 10.2 Å². The van der Waals surface area contributed by atoms with Gasteiger partial charge < -0.3 is 10.2 Å². The van der Waals surface area contributed by atoms with Gasteiger partial charge in [0.2, 0.25) is 0 Å². The number of rotatable bonds is 5. The maximum atomic E-state index is 12.4. The lowest BCUT2D eigenvalue weighted by molar-refractivity contribution is -0.910. The summed E-state index contributed by atoms with van der Waals surface area (Å²) in [6.45, 7) is 3.17. The number of nitro groups is 1. The third kappa shape index (κ3) is 3.63. The number of carbonyl (C=O) groups excluding carboxylic acids is 1. The Morgan fingerprint density at radius 2 is 2.29 bits per heavy atom. The molecule has 3 rings (SSSR count). The smallest absolute Gasteiger partial charge is 0.279 e. The molecule has 1 aliphatic rings. The van der Waals surface area contributed by atoms with Gasteiger partial charge in [-0.1, -0.05) is 6.07 Å². The van der Waals surface area contributed by atoms with Crippen LogP contribution in [0, 0.1) is 17.0 Å². The highest BCUT2D eigenvalue weighted by atomic mass is 32.1. The molecule has 2 atom stereocenters. The van der Waals surface area contributed by atoms with Crippen molar-refractivity contribution in [2.75, 3.05) is 18.4 Å². The molecule has 1 aromatic carbocycles. The van der Waals surface area contributed by atoms with Crippen molar-refractivity contribution in [3.63, 3.8) is 0 Å². The van der Waals surface area contributed by atoms with Crippen molar-refractivity contribution < 1.29 is 14.6 Å². The molecule has 1 unspecified atom stereocenters. The van der Waals surface area contributed by atoms with Gasteiger partial charge in [0.05, 0.1) is 16.3 Å². The van der Waals surface area contributed by atoms with Crippen molar-refractivity contribution in [2.45, 2.75) is 25.8 Å². The normalized spacial score (nSPS) is 20.0. The fraction of sp³-hybridized carbons (Fsp3) is 0.353. The largest absolute Gasteiger partial charge is 0.321 e. The summed E-state index contributed by atoms with van der Waals surface area (Å²) in [4.78, 5) is 25.4. The van der Waals surface area contributed by atoms with E-state index < -0.39 is 4.92 Å². The van der Waals surface area contributed by atoms with Gasteiger partial charge in [-0.05, 0) is 30.0 Å². The minimum atomic E-state index is -0.432. The van der Waals surface area contributed by atoms with Gasteiger partial charge in [-0.3, -0.25) is 14.9 Å². The number of anilines is 1. The van der Waals surface area contributed by atoms with Crippen molar-refractivity contribution in [1.82, 2.24) is 0 Å². The zero-order valence-corrected chi connectivity index (χ0v) is 14.3. The topological polar surface area (TPSA) is 76.7 Å². The molecule has 1 aromatic heterocycles. The molecule has 0 aliphatic carbocycles. The Kier molecular flexibility index (Phi) is 4.92. The first kappa shape index (κ1) is 16.6. The molecule has 0 radical (unpaired) electrons. The van der Waals surface area contributed by atoms with Crippen LogP contribution in [-0.4, -0.2) is 23.9 Å². The number of nitro benzene ring substituents is 1. The number of benzene rings is 1. The molecular formula is C17H20N3O3S+. The molecule has 0 saturated carbocycles. The molecule has 2 aromatic rings. The van der Waals surface area contributed by atoms with Crippen molar-refractivity contribution in [2.24, 2.45) is 0 Å². The van der Waals surface area contributed by atoms with Gasteiger partial charge in [0.15, 0.2) is 6.54 Å². The maximum Gasteiger partial charge on any atom is 0.279 e. The summed E-state index contributed by atoms with van der Waals surface area (Å²) < 4.78 is 0. The Labute approximate surface area is 144 Å². The lowest BCUT2D eigenvalue weighted by Gasteiger charge is -2.20. The third-order valence-electron chi connectivity index (χ3n) is 4.45. The van der Waals surface area contributed by atoms with E-state index in [0.29, 0.717) is 23.8 Å². The molecule has 6 nitrogen and oxygen atoms in total. The van der Waals surface area contributed by atoms with Crippen LogP contribution in [0.2, 0.25) is 0 Å². The molecular weight excluding hydrogens is 326 g/mol. The Morgan fingerprint density at radius 1 is 1.46 bits per heavy atom. The quantitative estimate of drug-likeness (QED) is 0.644. The van der Waals surface area contributed by atoms with E-state index in [4.69, 9.17) is 0 Å². The summed E-state index contributed by atoms with van der Waals surface area (Å²) >= 11 is 1.75. The van der Waals surface area contributed by atoms with Crippen LogP contribution in [0.5, 0.6) is 0 Å². The van der Waals surface area contributed by atoms with Crippen molar-refractivity contribution >= 4 is 28.6 Å². The Morgan fingerprint density at radius 3 is 2.96 bits per heavy atom. The molecule has 2 N–H and O–H groups in total. The number of amides is 1. The minimum Gasteiger partial charge on any atom is -0.321 e. The van der Waals surface area contributed by atoms with Crippen molar-refractivity contribution in [1.29, 1.82) is 0 Å². The number of nitrogens with one attached hydrogen (secondary N) is 2. The molecule has 0 bridgehead atoms. The van der Waals surface area contributed by atoms with Gasteiger partial charge in [0, 0.05) is 30.7 Å². The Balaban J connectivity index is 1.64. The highest BCUT2D eigenvalue weighted by Crippen LogP contribution is 2.24. The first-order valence-electron chi connectivity index (χ1n) is 7.97. The SMILES string of the molecule is Cc1cc([N+](=O)[O-])ccc1NC(=O)C[NH+]1CCC[C@@H]1c1cccs1. The number of nitrogens with zero attached hydrogens (tertiary/aromatic N) is 1. The first-order chi connectivity index (χ1) is 11.5. The van der Waals surface area contributed by atoms with Crippen LogP contribution in [0.15, 0.2) is 35.7 Å². The molecule has 24 heavy (non-hydrogen) atoms. The van der Waals surface area contributed by atoms with Crippen LogP contribution in [0.25, 0.3) is 0 Å². The summed E-state index contributed by atoms with van der Waals surface area (Å²) in [7, 11) is 0. The zero-order valence-electron chi connectivity index (χ0n) is 13.5. The average molecular weight is 346 g/mol. The lowest BCUT2D eigenvalue weighted by atomic mass is 10.1. The van der Waals surface area contributed by atoms with Crippen LogP contribution in [0.1, 0.15) is 29.3 Å². The van der Waals surface area contributed by atoms with Gasteiger partial charge in [-0.2, -0.15) is 0 Å². The summed E-state index contributed by atoms with van der Waals surface area (Å²) in [5.74, 6) is -0.0505. The van der Waals surface area contributed by atoms with Crippen LogP contribution in [-0.2, 0) is 4.79 Å². The molecule has 2 heterocycles. The Hall–Kier alpha value is -2.25. The van der Waals surface area contributed by atoms with Gasteiger partial charge in [-0.15, -0.1) is 11.3 Å². The fourth-order valence-corrected chi connectivity index (χ4v) is 4.18. The number of aryl methyl sites for hydroxylation is 1. The summed E-state index contributed by atoms with van der Waals surface area (Å²) in [6, 6.07) is 9.08. The highest BCUT2D eigenvalue weighted by molar-refractivity contribution is 7.10. The maximum absolute atomic E-state index is 12.4. The van der Waals surface area contributed by atoms with Gasteiger partial charge >= 0.3 is 0 Å². The van der Waals surface area contributed by atoms with Crippen molar-refractivity contribution in [3.05, 3.63) is 56.3 Å². The number of non-ortho nitro benzene ring substituents is 1. The molecule has 1 saturated heterocycles. The summed E-state index contributed by atoms with van der Waals surface area (Å²) in [6.07, 6.45) is 2.24. The summed E-state index contributed by atoms with van der Waals surface area (Å²) in [5.41, 5.74) is 1.37. The second kappa shape index (κ2) is 7.11. The number of thiophene rings is 1. The Bertz CT molecular complexity index is 746. The van der Waals surface area contributed by atoms with Crippen LogP contribution in [0.4, 0.5) is 11.4 Å². The predicted molar refractivity (Wildman–Crippen MR) is 93.5 cm³/mol. The van der Waals surface area contributed by atoms with Crippen LogP contribution >= 0.6 is 11.3 Å². The van der Waals surface area contributed by atoms with E-state index in [1.807, 2.05) is 0 Å². The van der Waals surface area contributed by atoms with E-state index in [0.717, 1.165) is 19.4 Å². The number of hydrogen-bond donors (Lipinski definition) is 2. The minimum absolute atomic E-state index is 0.0356. The van der Waals surface area contributed by atoms with E-state index in [1.54, 1.807) is 24.3 Å². The fourth-order valence-electron chi connectivity index (χ4n) is 3.26. The van der Waals surface area contributed by atoms with E-state index in [1.165, 1.54) is 21.9 Å². The van der Waals surface area contributed by atoms with E-state index in [-0.39, 0.29) is 11.6 Å². The second-order valence-corrected chi connectivity index (χ2v) is 7.08. The lowest BCUT2D eigenvalue weighted by Crippen LogP contribution is -3.11. The van der Waals surface area contributed by atoms with Crippen molar-refractivity contribution in [3.8, 4) is 0 Å². The molecule has 126 valence electrons. The van der Waals surface area contributed by atoms with E-state index in [2.05, 4.69) is 22.8 Å². The molecule has 1 amide bonds. The van der Waals surface area contributed by atoms with Gasteiger partial charge in [0.1, 0.15) is 6.04 Å². The molecule has 1 aliphatic heterocycles. The van der Waals surface area contributed by atoms with Gasteiger partial charge in [0.25, 0.3) is 11.6 Å². The van der Waals surface area contributed by atoms with Crippen LogP contribution in [0.3, 0.4) is 0 Å². The predicted octanol–water partition coefficient (Wildman–Crippen LogP) is 2.32. The van der Waals surface area contributed by atoms with E-state index >= 15 is 0 Å². The monoisotopic (exact) mass is 346 g/mol. The van der Waals surface area contributed by atoms with E-state index in [9.17, 15) is 14.9 Å². The standard InChI is InChI=1S/C17H19N3O3S/c1-12-10-13(20(22)23)6-7-14(12)18-17(21)11-19-8-2-4-15(19)16-5-3-9-24-16/h3,5-7,9-10,15H,2,4,8,11H2,1H3,(H,18,21)/p+1/t15-/m1/s1. The number of quaternary nitrogens is 1. The summed E-state index contributed by atoms with van der Waals surface area (Å²) in [5, 5.41) is 15.7. The highest BCUT2D eigenvalue weighted by Gasteiger charge is 2.32. The number of carbonyl (C=O) groups is 1. The molecule has 1 fully saturated rings. The molecule has 7 heteroatoms. The number of likely N-dealkylation sites (tertiary alicyclic amines) is 1. The van der Waals surface area contributed by atoms with Gasteiger partial charge in [-0.25, -0.2) is 0 Å².